The molecule has 108 valence electrons. The summed E-state index contributed by atoms with van der Waals surface area (Å²) in [6.07, 6.45) is 1.52. The van der Waals surface area contributed by atoms with Gasteiger partial charge in [-0.25, -0.2) is 4.79 Å². The van der Waals surface area contributed by atoms with Crippen molar-refractivity contribution in [2.45, 2.75) is 0 Å². The first-order valence-corrected chi connectivity index (χ1v) is 7.44. The molecule has 0 bridgehead atoms. The highest BCUT2D eigenvalue weighted by atomic mass is 32.2. The van der Waals surface area contributed by atoms with Crippen LogP contribution < -0.4 is 5.32 Å². The van der Waals surface area contributed by atoms with Crippen molar-refractivity contribution in [3.63, 3.8) is 0 Å². The lowest BCUT2D eigenvalue weighted by atomic mass is 10.4. The van der Waals surface area contributed by atoms with E-state index in [4.69, 9.17) is 5.11 Å². The van der Waals surface area contributed by atoms with E-state index in [2.05, 4.69) is 16.8 Å². The Balaban J connectivity index is 2.26. The molecule has 0 aromatic carbocycles. The molecule has 0 aromatic heterocycles. The molecule has 2 N–H and O–H groups in total. The monoisotopic (exact) mass is 287 g/mol. The number of carboxylic acid groups (broad SMARTS) is 1. The minimum absolute atomic E-state index is 0.235. The fourth-order valence-corrected chi connectivity index (χ4v) is 2.77. The van der Waals surface area contributed by atoms with E-state index >= 15 is 0 Å². The highest BCUT2D eigenvalue weighted by molar-refractivity contribution is 7.99. The van der Waals surface area contributed by atoms with Crippen LogP contribution in [0.3, 0.4) is 0 Å². The Labute approximate surface area is 117 Å². The summed E-state index contributed by atoms with van der Waals surface area (Å²) in [4.78, 5) is 26.0. The van der Waals surface area contributed by atoms with Crippen LogP contribution in [-0.4, -0.2) is 77.7 Å². The van der Waals surface area contributed by atoms with Crippen molar-refractivity contribution in [3.8, 4) is 0 Å². The molecule has 19 heavy (non-hydrogen) atoms. The second-order valence-electron chi connectivity index (χ2n) is 4.25. The number of carbonyl (C=O) groups is 2. The van der Waals surface area contributed by atoms with Crippen molar-refractivity contribution in [2.75, 3.05) is 50.8 Å². The van der Waals surface area contributed by atoms with E-state index in [0.717, 1.165) is 31.1 Å². The van der Waals surface area contributed by atoms with Gasteiger partial charge >= 0.3 is 12.0 Å². The lowest BCUT2D eigenvalue weighted by Gasteiger charge is -2.26. The standard InChI is InChI=1S/C12H21N3O3S/c1-2-4-15(10-11(16)17)12(18)13-3-5-14-6-8-19-9-7-14/h2H,1,3-10H2,(H,13,18)(H,16,17). The van der Waals surface area contributed by atoms with Gasteiger partial charge in [-0.3, -0.25) is 9.69 Å². The van der Waals surface area contributed by atoms with Crippen LogP contribution in [0.1, 0.15) is 0 Å². The van der Waals surface area contributed by atoms with Gasteiger partial charge in [0.25, 0.3) is 0 Å². The Morgan fingerprint density at radius 1 is 1.42 bits per heavy atom. The first kappa shape index (κ1) is 15.8. The summed E-state index contributed by atoms with van der Waals surface area (Å²) in [7, 11) is 0. The predicted molar refractivity (Wildman–Crippen MR) is 76.6 cm³/mol. The van der Waals surface area contributed by atoms with Crippen molar-refractivity contribution >= 4 is 23.8 Å². The summed E-state index contributed by atoms with van der Waals surface area (Å²) >= 11 is 1.94. The van der Waals surface area contributed by atoms with Crippen molar-refractivity contribution < 1.29 is 14.7 Å². The first-order chi connectivity index (χ1) is 9.13. The summed E-state index contributed by atoms with van der Waals surface area (Å²) in [6, 6.07) is -0.353. The van der Waals surface area contributed by atoms with Crippen LogP contribution in [0.2, 0.25) is 0 Å². The number of urea groups is 1. The summed E-state index contributed by atoms with van der Waals surface area (Å²) < 4.78 is 0. The van der Waals surface area contributed by atoms with E-state index < -0.39 is 5.97 Å². The number of carboxylic acids is 1. The fraction of sp³-hybridized carbons (Fsp3) is 0.667. The zero-order valence-electron chi connectivity index (χ0n) is 11.0. The molecule has 0 spiro atoms. The van der Waals surface area contributed by atoms with Gasteiger partial charge in [-0.1, -0.05) is 6.08 Å². The molecule has 1 saturated heterocycles. The van der Waals surface area contributed by atoms with Gasteiger partial charge in [0.05, 0.1) is 0 Å². The number of nitrogens with one attached hydrogen (secondary N) is 1. The fourth-order valence-electron chi connectivity index (χ4n) is 1.80. The molecule has 0 unspecified atom stereocenters. The maximum atomic E-state index is 11.8. The lowest BCUT2D eigenvalue weighted by Crippen LogP contribution is -2.46. The minimum atomic E-state index is -1.02. The van der Waals surface area contributed by atoms with Crippen LogP contribution in [0.25, 0.3) is 0 Å². The molecule has 2 amide bonds. The molecular weight excluding hydrogens is 266 g/mol. The van der Waals surface area contributed by atoms with Gasteiger partial charge in [0.1, 0.15) is 6.54 Å². The van der Waals surface area contributed by atoms with Gasteiger partial charge in [0.2, 0.25) is 0 Å². The Morgan fingerprint density at radius 2 is 2.11 bits per heavy atom. The summed E-state index contributed by atoms with van der Waals surface area (Å²) in [5.74, 6) is 1.25. The Bertz CT molecular complexity index is 319. The number of hydrogen-bond donors (Lipinski definition) is 2. The summed E-state index contributed by atoms with van der Waals surface area (Å²) in [5, 5.41) is 11.5. The molecule has 1 aliphatic heterocycles. The molecule has 0 aliphatic carbocycles. The highest BCUT2D eigenvalue weighted by Gasteiger charge is 2.15. The van der Waals surface area contributed by atoms with Gasteiger partial charge in [0, 0.05) is 44.2 Å². The third kappa shape index (κ3) is 6.49. The van der Waals surface area contributed by atoms with Crippen LogP contribution in [-0.2, 0) is 4.79 Å². The molecule has 6 nitrogen and oxygen atoms in total. The second kappa shape index (κ2) is 8.82. The smallest absolute Gasteiger partial charge is 0.323 e. The van der Waals surface area contributed by atoms with Crippen molar-refractivity contribution in [1.82, 2.24) is 15.1 Å². The van der Waals surface area contributed by atoms with E-state index in [9.17, 15) is 9.59 Å². The van der Waals surface area contributed by atoms with Gasteiger partial charge in [-0.2, -0.15) is 11.8 Å². The van der Waals surface area contributed by atoms with Crippen molar-refractivity contribution in [1.29, 1.82) is 0 Å². The minimum Gasteiger partial charge on any atom is -0.480 e. The van der Waals surface area contributed by atoms with E-state index in [-0.39, 0.29) is 19.1 Å². The van der Waals surface area contributed by atoms with Gasteiger partial charge in [-0.15, -0.1) is 6.58 Å². The Kier molecular flexibility index (Phi) is 7.35. The maximum Gasteiger partial charge on any atom is 0.323 e. The van der Waals surface area contributed by atoms with Gasteiger partial charge in [-0.05, 0) is 0 Å². The molecule has 1 aliphatic rings. The zero-order chi connectivity index (χ0) is 14.1. The molecule has 0 aromatic rings. The van der Waals surface area contributed by atoms with E-state index in [1.807, 2.05) is 11.8 Å². The van der Waals surface area contributed by atoms with Crippen LogP contribution in [0.4, 0.5) is 4.79 Å². The molecule has 1 heterocycles. The van der Waals surface area contributed by atoms with E-state index in [1.165, 1.54) is 11.0 Å². The average molecular weight is 287 g/mol. The predicted octanol–water partition coefficient (Wildman–Crippen LogP) is 0.317. The number of carbonyl (C=O) groups excluding carboxylic acids is 1. The van der Waals surface area contributed by atoms with Crippen molar-refractivity contribution in [2.24, 2.45) is 0 Å². The number of aliphatic carboxylic acids is 1. The Hall–Kier alpha value is -1.21. The molecule has 1 fully saturated rings. The molecule has 1 rings (SSSR count). The van der Waals surface area contributed by atoms with Crippen molar-refractivity contribution in [3.05, 3.63) is 12.7 Å². The van der Waals surface area contributed by atoms with Crippen LogP contribution in [0.5, 0.6) is 0 Å². The number of amides is 2. The maximum absolute atomic E-state index is 11.8. The summed E-state index contributed by atoms with van der Waals surface area (Å²) in [6.45, 7) is 6.89. The third-order valence-electron chi connectivity index (χ3n) is 2.77. The number of nitrogens with zero attached hydrogens (tertiary/aromatic N) is 2. The number of hydrogen-bond acceptors (Lipinski definition) is 4. The summed E-state index contributed by atoms with van der Waals surface area (Å²) in [5.41, 5.74) is 0. The quantitative estimate of drug-likeness (QED) is 0.660. The number of rotatable bonds is 7. The zero-order valence-corrected chi connectivity index (χ0v) is 11.8. The average Bonchev–Trinajstić information content (AvgIpc) is 2.39. The molecule has 0 radical (unpaired) electrons. The molecular formula is C12H21N3O3S. The second-order valence-corrected chi connectivity index (χ2v) is 5.47. The van der Waals surface area contributed by atoms with Gasteiger partial charge in [0.15, 0.2) is 0 Å². The molecule has 7 heteroatoms. The molecule has 0 saturated carbocycles. The molecule has 0 atom stereocenters. The number of thioether (sulfide) groups is 1. The Morgan fingerprint density at radius 3 is 2.68 bits per heavy atom. The highest BCUT2D eigenvalue weighted by Crippen LogP contribution is 2.07. The van der Waals surface area contributed by atoms with Crippen LogP contribution in [0.15, 0.2) is 12.7 Å². The third-order valence-corrected chi connectivity index (χ3v) is 3.71. The topological polar surface area (TPSA) is 72.9 Å². The largest absolute Gasteiger partial charge is 0.480 e. The normalized spacial score (nSPS) is 15.8. The first-order valence-electron chi connectivity index (χ1n) is 6.29. The SMILES string of the molecule is C=CCN(CC(=O)O)C(=O)NCCN1CCSCC1. The lowest BCUT2D eigenvalue weighted by molar-refractivity contribution is -0.137. The van der Waals surface area contributed by atoms with E-state index in [0.29, 0.717) is 6.54 Å². The van der Waals surface area contributed by atoms with E-state index in [1.54, 1.807) is 0 Å². The van der Waals surface area contributed by atoms with Crippen LogP contribution >= 0.6 is 11.8 Å². The van der Waals surface area contributed by atoms with Crippen LogP contribution in [0, 0.1) is 0 Å². The van der Waals surface area contributed by atoms with Gasteiger partial charge < -0.3 is 15.3 Å².